The van der Waals surface area contributed by atoms with Gasteiger partial charge in [-0.1, -0.05) is 6.07 Å². The molecule has 0 aliphatic carbocycles. The number of nitrogens with zero attached hydrogens (tertiary/aromatic N) is 3. The highest BCUT2D eigenvalue weighted by atomic mass is 16.5. The van der Waals surface area contributed by atoms with Crippen LogP contribution < -0.4 is 5.32 Å². The predicted molar refractivity (Wildman–Crippen MR) is 116 cm³/mol. The van der Waals surface area contributed by atoms with Gasteiger partial charge in [-0.3, -0.25) is 14.7 Å². The second kappa shape index (κ2) is 10.0. The summed E-state index contributed by atoms with van der Waals surface area (Å²) in [6.45, 7) is 11.9. The fourth-order valence-corrected chi connectivity index (χ4v) is 4.40. The molecule has 6 nitrogen and oxygen atoms in total. The van der Waals surface area contributed by atoms with E-state index in [1.807, 2.05) is 13.8 Å². The molecule has 6 heteroatoms. The van der Waals surface area contributed by atoms with Crippen molar-refractivity contribution in [3.05, 3.63) is 29.6 Å². The zero-order valence-electron chi connectivity index (χ0n) is 18.6. The molecule has 0 unspecified atom stereocenters. The summed E-state index contributed by atoms with van der Waals surface area (Å²) in [6.07, 6.45) is 4.36. The molecule has 2 fully saturated rings. The number of pyridine rings is 1. The van der Waals surface area contributed by atoms with Crippen molar-refractivity contribution >= 4 is 5.91 Å². The van der Waals surface area contributed by atoms with Crippen molar-refractivity contribution in [1.82, 2.24) is 20.1 Å². The van der Waals surface area contributed by atoms with Crippen molar-refractivity contribution < 1.29 is 9.53 Å². The van der Waals surface area contributed by atoms with Gasteiger partial charge in [0, 0.05) is 50.9 Å². The smallest absolute Gasteiger partial charge is 0.223 e. The normalized spacial score (nSPS) is 20.7. The van der Waals surface area contributed by atoms with Gasteiger partial charge in [0.05, 0.1) is 11.3 Å². The molecular weight excluding hydrogens is 364 g/mol. The average molecular weight is 403 g/mol. The van der Waals surface area contributed by atoms with E-state index < -0.39 is 0 Å². The monoisotopic (exact) mass is 402 g/mol. The molecule has 2 aliphatic rings. The number of carbonyl (C=O) groups excluding carboxylic acids is 1. The first kappa shape index (κ1) is 22.2. The van der Waals surface area contributed by atoms with Crippen LogP contribution in [0.2, 0.25) is 0 Å². The minimum atomic E-state index is -0.307. The lowest BCUT2D eigenvalue weighted by molar-refractivity contribution is -0.128. The van der Waals surface area contributed by atoms with Crippen molar-refractivity contribution in [3.8, 4) is 0 Å². The maximum atomic E-state index is 12.5. The van der Waals surface area contributed by atoms with E-state index in [0.717, 1.165) is 51.3 Å². The topological polar surface area (TPSA) is 57.7 Å². The lowest BCUT2D eigenvalue weighted by atomic mass is 9.92. The van der Waals surface area contributed by atoms with Crippen LogP contribution >= 0.6 is 0 Å². The second-order valence-electron chi connectivity index (χ2n) is 9.27. The van der Waals surface area contributed by atoms with Crippen LogP contribution in [-0.2, 0) is 16.1 Å². The van der Waals surface area contributed by atoms with Gasteiger partial charge in [0.1, 0.15) is 0 Å². The van der Waals surface area contributed by atoms with Gasteiger partial charge >= 0.3 is 0 Å². The molecule has 0 bridgehead atoms. The van der Waals surface area contributed by atoms with Gasteiger partial charge in [0.25, 0.3) is 0 Å². The number of rotatable bonds is 7. The summed E-state index contributed by atoms with van der Waals surface area (Å²) >= 11 is 0. The minimum Gasteiger partial charge on any atom is -0.377 e. The highest BCUT2D eigenvalue weighted by Gasteiger charge is 2.31. The SMILES string of the molecule is COC(C)(C)CNC(=O)C1CCN(C2CCN(Cc3cccc(C)n3)CC2)CC1. The number of aromatic nitrogens is 1. The fourth-order valence-electron chi connectivity index (χ4n) is 4.40. The summed E-state index contributed by atoms with van der Waals surface area (Å²) in [7, 11) is 1.69. The molecule has 0 atom stereocenters. The van der Waals surface area contributed by atoms with E-state index in [-0.39, 0.29) is 17.4 Å². The Morgan fingerprint density at radius 1 is 1.17 bits per heavy atom. The summed E-state index contributed by atoms with van der Waals surface area (Å²) in [5.74, 6) is 0.335. The number of nitrogens with one attached hydrogen (secondary N) is 1. The van der Waals surface area contributed by atoms with Crippen molar-refractivity contribution in [3.63, 3.8) is 0 Å². The van der Waals surface area contributed by atoms with Gasteiger partial charge in [-0.2, -0.15) is 0 Å². The number of methoxy groups -OCH3 is 1. The largest absolute Gasteiger partial charge is 0.377 e. The van der Waals surface area contributed by atoms with Crippen LogP contribution in [0.4, 0.5) is 0 Å². The summed E-state index contributed by atoms with van der Waals surface area (Å²) in [6, 6.07) is 6.94. The molecule has 0 radical (unpaired) electrons. The minimum absolute atomic E-state index is 0.145. The van der Waals surface area contributed by atoms with E-state index in [2.05, 4.69) is 45.2 Å². The van der Waals surface area contributed by atoms with Crippen LogP contribution in [0, 0.1) is 12.8 Å². The van der Waals surface area contributed by atoms with Gasteiger partial charge in [-0.05, 0) is 71.7 Å². The third kappa shape index (κ3) is 6.49. The highest BCUT2D eigenvalue weighted by Crippen LogP contribution is 2.25. The Morgan fingerprint density at radius 3 is 2.48 bits per heavy atom. The number of piperidine rings is 2. The van der Waals surface area contributed by atoms with Crippen molar-refractivity contribution in [2.75, 3.05) is 39.8 Å². The van der Waals surface area contributed by atoms with Crippen molar-refractivity contribution in [1.29, 1.82) is 0 Å². The summed E-state index contributed by atoms with van der Waals surface area (Å²) in [5, 5.41) is 3.08. The van der Waals surface area contributed by atoms with E-state index >= 15 is 0 Å². The number of ether oxygens (including phenoxy) is 1. The summed E-state index contributed by atoms with van der Waals surface area (Å²) in [4.78, 5) is 22.3. The lowest BCUT2D eigenvalue weighted by Gasteiger charge is -2.41. The lowest BCUT2D eigenvalue weighted by Crippen LogP contribution is -2.50. The second-order valence-corrected chi connectivity index (χ2v) is 9.27. The van der Waals surface area contributed by atoms with E-state index in [4.69, 9.17) is 4.74 Å². The van der Waals surface area contributed by atoms with Gasteiger partial charge in [0.15, 0.2) is 0 Å². The van der Waals surface area contributed by atoms with Crippen LogP contribution in [0.1, 0.15) is 50.9 Å². The number of amides is 1. The van der Waals surface area contributed by atoms with Crippen molar-refractivity contribution in [2.24, 2.45) is 5.92 Å². The molecule has 1 amide bonds. The molecule has 1 N–H and O–H groups in total. The quantitative estimate of drug-likeness (QED) is 0.760. The Kier molecular flexibility index (Phi) is 7.66. The number of likely N-dealkylation sites (tertiary alicyclic amines) is 2. The standard InChI is InChI=1S/C23H38N4O2/c1-18-6-5-7-20(25-18)16-26-12-10-21(11-13-26)27-14-8-19(9-15-27)22(28)24-17-23(2,3)29-4/h5-7,19,21H,8-17H2,1-4H3,(H,24,28). The Balaban J connectivity index is 1.38. The predicted octanol–water partition coefficient (Wildman–Crippen LogP) is 2.61. The molecule has 0 spiro atoms. The third-order valence-corrected chi connectivity index (χ3v) is 6.55. The molecule has 3 heterocycles. The van der Waals surface area contributed by atoms with Crippen LogP contribution in [0.15, 0.2) is 18.2 Å². The molecule has 0 aromatic carbocycles. The van der Waals surface area contributed by atoms with Gasteiger partial charge in [-0.25, -0.2) is 0 Å². The Labute approximate surface area is 176 Å². The summed E-state index contributed by atoms with van der Waals surface area (Å²) < 4.78 is 5.39. The molecule has 1 aromatic rings. The van der Waals surface area contributed by atoms with E-state index in [0.29, 0.717) is 12.6 Å². The molecule has 3 rings (SSSR count). The molecular formula is C23H38N4O2. The molecule has 2 aliphatic heterocycles. The maximum absolute atomic E-state index is 12.5. The first-order chi connectivity index (χ1) is 13.9. The number of hydrogen-bond donors (Lipinski definition) is 1. The maximum Gasteiger partial charge on any atom is 0.223 e. The van der Waals surface area contributed by atoms with E-state index in [9.17, 15) is 4.79 Å². The number of aryl methyl sites for hydroxylation is 1. The Bertz CT molecular complexity index is 663. The number of carbonyl (C=O) groups is 1. The van der Waals surface area contributed by atoms with Gasteiger partial charge in [0.2, 0.25) is 5.91 Å². The Hall–Kier alpha value is -1.50. The summed E-state index contributed by atoms with van der Waals surface area (Å²) in [5.41, 5.74) is 1.96. The third-order valence-electron chi connectivity index (χ3n) is 6.55. The molecule has 29 heavy (non-hydrogen) atoms. The van der Waals surface area contributed by atoms with Crippen molar-refractivity contribution in [2.45, 2.75) is 64.6 Å². The van der Waals surface area contributed by atoms with Gasteiger partial charge in [-0.15, -0.1) is 0 Å². The molecule has 162 valence electrons. The van der Waals surface area contributed by atoms with Crippen LogP contribution in [0.3, 0.4) is 0 Å². The average Bonchev–Trinajstić information content (AvgIpc) is 2.73. The number of hydrogen-bond acceptors (Lipinski definition) is 5. The molecule has 1 aromatic heterocycles. The first-order valence-corrected chi connectivity index (χ1v) is 11.1. The zero-order chi connectivity index (χ0) is 20.9. The zero-order valence-corrected chi connectivity index (χ0v) is 18.6. The van der Waals surface area contributed by atoms with E-state index in [1.165, 1.54) is 18.5 Å². The van der Waals surface area contributed by atoms with Gasteiger partial charge < -0.3 is 15.0 Å². The van der Waals surface area contributed by atoms with Crippen LogP contribution in [-0.4, -0.2) is 72.2 Å². The Morgan fingerprint density at radius 2 is 1.86 bits per heavy atom. The van der Waals surface area contributed by atoms with Crippen LogP contribution in [0.25, 0.3) is 0 Å². The van der Waals surface area contributed by atoms with Crippen LogP contribution in [0.5, 0.6) is 0 Å². The van der Waals surface area contributed by atoms with E-state index in [1.54, 1.807) is 7.11 Å². The first-order valence-electron chi connectivity index (χ1n) is 11.1. The highest BCUT2D eigenvalue weighted by molar-refractivity contribution is 5.78. The molecule has 2 saturated heterocycles. The molecule has 0 saturated carbocycles. The fraction of sp³-hybridized carbons (Fsp3) is 0.739.